The monoisotopic (exact) mass is 333 g/mol. The third-order valence-corrected chi connectivity index (χ3v) is 4.15. The van der Waals surface area contributed by atoms with Crippen LogP contribution in [0.15, 0.2) is 30.3 Å². The van der Waals surface area contributed by atoms with Crippen molar-refractivity contribution in [2.24, 2.45) is 0 Å². The van der Waals surface area contributed by atoms with Gasteiger partial charge in [0, 0.05) is 18.3 Å². The summed E-state index contributed by atoms with van der Waals surface area (Å²) in [5.74, 6) is 1.65. The van der Waals surface area contributed by atoms with Crippen LogP contribution < -0.4 is 23.8 Å². The van der Waals surface area contributed by atoms with E-state index in [2.05, 4.69) is 4.90 Å². The first-order valence-electron chi connectivity index (χ1n) is 7.53. The standard InChI is InChI=1S/C18H20FNO4/c1-21-15-6-5-12(9-13(15)19)20-10-14(20)11-7-16(22-2)18(24-4)17(8-11)23-3/h5-9,14H,10H2,1-4H3. The van der Waals surface area contributed by atoms with Gasteiger partial charge in [0.25, 0.3) is 0 Å². The molecular weight excluding hydrogens is 313 g/mol. The van der Waals surface area contributed by atoms with E-state index < -0.39 is 0 Å². The molecule has 0 N–H and O–H groups in total. The zero-order valence-electron chi connectivity index (χ0n) is 14.1. The largest absolute Gasteiger partial charge is 0.494 e. The Morgan fingerprint density at radius 3 is 2.00 bits per heavy atom. The van der Waals surface area contributed by atoms with Crippen LogP contribution in [-0.4, -0.2) is 35.0 Å². The predicted molar refractivity (Wildman–Crippen MR) is 89.1 cm³/mol. The molecule has 0 bridgehead atoms. The summed E-state index contributed by atoms with van der Waals surface area (Å²) in [6, 6.07) is 8.95. The molecule has 0 amide bonds. The molecule has 0 spiro atoms. The van der Waals surface area contributed by atoms with Crippen LogP contribution in [0.2, 0.25) is 0 Å². The van der Waals surface area contributed by atoms with Gasteiger partial charge in [0.15, 0.2) is 23.1 Å². The number of nitrogens with zero attached hydrogens (tertiary/aromatic N) is 1. The highest BCUT2D eigenvalue weighted by atomic mass is 19.1. The number of rotatable bonds is 6. The summed E-state index contributed by atoms with van der Waals surface area (Å²) in [6.45, 7) is 0.796. The van der Waals surface area contributed by atoms with Gasteiger partial charge < -0.3 is 23.8 Å². The molecule has 0 saturated carbocycles. The lowest BCUT2D eigenvalue weighted by Crippen LogP contribution is -1.99. The molecule has 2 aromatic rings. The van der Waals surface area contributed by atoms with Gasteiger partial charge in [-0.3, -0.25) is 0 Å². The third kappa shape index (κ3) is 2.79. The Bertz CT molecular complexity index is 725. The highest BCUT2D eigenvalue weighted by molar-refractivity contribution is 5.61. The fraction of sp³-hybridized carbons (Fsp3) is 0.333. The quantitative estimate of drug-likeness (QED) is 0.758. The van der Waals surface area contributed by atoms with Crippen molar-refractivity contribution in [3.63, 3.8) is 0 Å². The molecule has 1 fully saturated rings. The van der Waals surface area contributed by atoms with Crippen molar-refractivity contribution in [3.8, 4) is 23.0 Å². The minimum Gasteiger partial charge on any atom is -0.494 e. The van der Waals surface area contributed by atoms with Crippen LogP contribution in [0.1, 0.15) is 11.6 Å². The van der Waals surface area contributed by atoms with Crippen molar-refractivity contribution in [3.05, 3.63) is 41.7 Å². The van der Waals surface area contributed by atoms with Crippen LogP contribution in [-0.2, 0) is 0 Å². The van der Waals surface area contributed by atoms with Gasteiger partial charge in [-0.15, -0.1) is 0 Å². The first kappa shape index (κ1) is 16.2. The number of anilines is 1. The summed E-state index contributed by atoms with van der Waals surface area (Å²) < 4.78 is 35.0. The average molecular weight is 333 g/mol. The highest BCUT2D eigenvalue weighted by Gasteiger charge is 2.37. The Hall–Kier alpha value is -2.63. The van der Waals surface area contributed by atoms with Crippen molar-refractivity contribution in [2.45, 2.75) is 6.04 Å². The molecule has 1 heterocycles. The minimum atomic E-state index is -0.370. The zero-order valence-corrected chi connectivity index (χ0v) is 14.1. The lowest BCUT2D eigenvalue weighted by molar-refractivity contribution is 0.324. The van der Waals surface area contributed by atoms with Gasteiger partial charge in [0.2, 0.25) is 5.75 Å². The minimum absolute atomic E-state index is 0.145. The average Bonchev–Trinajstić information content (AvgIpc) is 3.41. The van der Waals surface area contributed by atoms with E-state index in [1.807, 2.05) is 18.2 Å². The van der Waals surface area contributed by atoms with Crippen LogP contribution in [0.4, 0.5) is 10.1 Å². The van der Waals surface area contributed by atoms with E-state index in [0.717, 1.165) is 17.8 Å². The van der Waals surface area contributed by atoms with Crippen LogP contribution in [0.5, 0.6) is 23.0 Å². The van der Waals surface area contributed by atoms with Crippen molar-refractivity contribution >= 4 is 5.69 Å². The molecule has 1 saturated heterocycles. The van der Waals surface area contributed by atoms with E-state index in [9.17, 15) is 4.39 Å². The molecule has 3 rings (SSSR count). The summed E-state index contributed by atoms with van der Waals surface area (Å²) in [4.78, 5) is 2.09. The van der Waals surface area contributed by atoms with Gasteiger partial charge in [-0.05, 0) is 29.8 Å². The molecule has 0 radical (unpaired) electrons. The smallest absolute Gasteiger partial charge is 0.203 e. The van der Waals surface area contributed by atoms with Gasteiger partial charge in [-0.1, -0.05) is 0 Å². The summed E-state index contributed by atoms with van der Waals surface area (Å²) in [5.41, 5.74) is 1.84. The van der Waals surface area contributed by atoms with E-state index >= 15 is 0 Å². The molecule has 128 valence electrons. The lowest BCUT2D eigenvalue weighted by atomic mass is 10.1. The number of halogens is 1. The fourth-order valence-electron chi connectivity index (χ4n) is 2.84. The Morgan fingerprint density at radius 2 is 1.50 bits per heavy atom. The van der Waals surface area contributed by atoms with E-state index in [1.54, 1.807) is 27.4 Å². The normalized spacial score (nSPS) is 15.9. The van der Waals surface area contributed by atoms with Crippen LogP contribution >= 0.6 is 0 Å². The van der Waals surface area contributed by atoms with Crippen LogP contribution in [0.25, 0.3) is 0 Å². The molecule has 5 nitrogen and oxygen atoms in total. The Balaban J connectivity index is 1.88. The number of hydrogen-bond donors (Lipinski definition) is 0. The van der Waals surface area contributed by atoms with E-state index in [-0.39, 0.29) is 17.6 Å². The summed E-state index contributed by atoms with van der Waals surface area (Å²) in [5, 5.41) is 0. The van der Waals surface area contributed by atoms with E-state index in [0.29, 0.717) is 17.2 Å². The maximum Gasteiger partial charge on any atom is 0.203 e. The molecular formula is C18H20FNO4. The highest BCUT2D eigenvalue weighted by Crippen LogP contribution is 2.46. The van der Waals surface area contributed by atoms with Gasteiger partial charge in [0.05, 0.1) is 34.5 Å². The maximum atomic E-state index is 13.9. The van der Waals surface area contributed by atoms with E-state index in [1.165, 1.54) is 13.2 Å². The van der Waals surface area contributed by atoms with Crippen molar-refractivity contribution in [1.82, 2.24) is 0 Å². The molecule has 0 aliphatic carbocycles. The molecule has 0 aromatic heterocycles. The fourth-order valence-corrected chi connectivity index (χ4v) is 2.84. The van der Waals surface area contributed by atoms with Crippen molar-refractivity contribution in [1.29, 1.82) is 0 Å². The second kappa shape index (κ2) is 6.47. The van der Waals surface area contributed by atoms with Gasteiger partial charge in [-0.2, -0.15) is 0 Å². The number of benzene rings is 2. The summed E-state index contributed by atoms with van der Waals surface area (Å²) >= 11 is 0. The van der Waals surface area contributed by atoms with Gasteiger partial charge in [0.1, 0.15) is 0 Å². The molecule has 1 unspecified atom stereocenters. The maximum absolute atomic E-state index is 13.9. The number of methoxy groups -OCH3 is 4. The zero-order chi connectivity index (χ0) is 17.3. The predicted octanol–water partition coefficient (Wildman–Crippen LogP) is 3.42. The first-order chi connectivity index (χ1) is 11.6. The molecule has 2 aromatic carbocycles. The Labute approximate surface area is 140 Å². The summed E-state index contributed by atoms with van der Waals surface area (Å²) in [7, 11) is 6.20. The molecule has 1 atom stereocenters. The van der Waals surface area contributed by atoms with E-state index in [4.69, 9.17) is 18.9 Å². The molecule has 1 aliphatic heterocycles. The SMILES string of the molecule is COc1ccc(N2CC2c2cc(OC)c(OC)c(OC)c2)cc1F. The number of ether oxygens (including phenoxy) is 4. The van der Waals surface area contributed by atoms with Gasteiger partial charge >= 0.3 is 0 Å². The topological polar surface area (TPSA) is 39.9 Å². The first-order valence-corrected chi connectivity index (χ1v) is 7.53. The Morgan fingerprint density at radius 1 is 0.875 bits per heavy atom. The van der Waals surface area contributed by atoms with Crippen molar-refractivity contribution in [2.75, 3.05) is 39.9 Å². The van der Waals surface area contributed by atoms with Crippen LogP contribution in [0.3, 0.4) is 0 Å². The second-order valence-corrected chi connectivity index (χ2v) is 5.45. The van der Waals surface area contributed by atoms with Gasteiger partial charge in [-0.25, -0.2) is 4.39 Å². The Kier molecular flexibility index (Phi) is 4.38. The molecule has 24 heavy (non-hydrogen) atoms. The molecule has 1 aliphatic rings. The third-order valence-electron chi connectivity index (χ3n) is 4.15. The second-order valence-electron chi connectivity index (χ2n) is 5.45. The molecule has 6 heteroatoms. The summed E-state index contributed by atoms with van der Waals surface area (Å²) in [6.07, 6.45) is 0. The lowest BCUT2D eigenvalue weighted by Gasteiger charge is -2.14. The van der Waals surface area contributed by atoms with Crippen LogP contribution in [0, 0.1) is 5.82 Å². The number of hydrogen-bond acceptors (Lipinski definition) is 5. The van der Waals surface area contributed by atoms with Crippen molar-refractivity contribution < 1.29 is 23.3 Å².